The van der Waals surface area contributed by atoms with Gasteiger partial charge in [-0.3, -0.25) is 4.79 Å². The minimum atomic E-state index is -0.431. The number of ether oxygens (including phenoxy) is 1. The number of hydrogen-bond donors (Lipinski definition) is 3. The molecule has 0 radical (unpaired) electrons. The van der Waals surface area contributed by atoms with Gasteiger partial charge in [-0.1, -0.05) is 48.0 Å². The monoisotopic (exact) mass is 378 g/mol. The summed E-state index contributed by atoms with van der Waals surface area (Å²) in [6, 6.07) is 19.6. The van der Waals surface area contributed by atoms with Gasteiger partial charge in [0.25, 0.3) is 5.91 Å². The van der Waals surface area contributed by atoms with Crippen LogP contribution in [0.4, 0.5) is 5.69 Å². The van der Waals surface area contributed by atoms with E-state index in [1.54, 1.807) is 6.92 Å². The van der Waals surface area contributed by atoms with Gasteiger partial charge in [-0.15, -0.1) is 0 Å². The molecule has 0 saturated heterocycles. The Morgan fingerprint density at radius 2 is 1.82 bits per heavy atom. The minimum absolute atomic E-state index is 0.0738. The highest BCUT2D eigenvalue weighted by molar-refractivity contribution is 5.92. The predicted molar refractivity (Wildman–Crippen MR) is 113 cm³/mol. The summed E-state index contributed by atoms with van der Waals surface area (Å²) in [6.45, 7) is 4.69. The van der Waals surface area contributed by atoms with Crippen LogP contribution in [0.15, 0.2) is 60.7 Å². The standard InChI is InChI=1S/C23H26N2O3/c1-16-7-10-19(11-8-16)25-23(27)15-28-22-12-9-18-5-3-4-6-20(18)21(22)14-24-13-17(2)26/h3-12,17,24,26H,13-15H2,1-2H3,(H,25,27). The molecular formula is C23H26N2O3. The number of rotatable bonds is 8. The largest absolute Gasteiger partial charge is 0.483 e. The number of hydrogen-bond acceptors (Lipinski definition) is 4. The number of aryl methyl sites for hydroxylation is 1. The SMILES string of the molecule is Cc1ccc(NC(=O)COc2ccc3ccccc3c2CNCC(C)O)cc1. The summed E-state index contributed by atoms with van der Waals surface area (Å²) in [5.74, 6) is 0.454. The molecule has 0 aliphatic rings. The van der Waals surface area contributed by atoms with Crippen molar-refractivity contribution >= 4 is 22.4 Å². The Morgan fingerprint density at radius 1 is 1.07 bits per heavy atom. The summed E-state index contributed by atoms with van der Waals surface area (Å²) >= 11 is 0. The van der Waals surface area contributed by atoms with Crippen LogP contribution in [0.5, 0.6) is 5.75 Å². The summed E-state index contributed by atoms with van der Waals surface area (Å²) in [4.78, 5) is 12.3. The van der Waals surface area contributed by atoms with Crippen molar-refractivity contribution in [3.05, 3.63) is 71.8 Å². The molecular weight excluding hydrogens is 352 g/mol. The van der Waals surface area contributed by atoms with Crippen LogP contribution >= 0.6 is 0 Å². The van der Waals surface area contributed by atoms with Crippen molar-refractivity contribution in [1.29, 1.82) is 0 Å². The lowest BCUT2D eigenvalue weighted by atomic mass is 10.0. The maximum atomic E-state index is 12.3. The van der Waals surface area contributed by atoms with Crippen LogP contribution in [0.1, 0.15) is 18.1 Å². The van der Waals surface area contributed by atoms with Crippen molar-refractivity contribution in [2.75, 3.05) is 18.5 Å². The molecule has 0 bridgehead atoms. The fourth-order valence-electron chi connectivity index (χ4n) is 3.02. The lowest BCUT2D eigenvalue weighted by Gasteiger charge is -2.15. The summed E-state index contributed by atoms with van der Waals surface area (Å²) in [7, 11) is 0. The molecule has 5 heteroatoms. The van der Waals surface area contributed by atoms with Crippen molar-refractivity contribution in [2.45, 2.75) is 26.5 Å². The number of carbonyl (C=O) groups is 1. The van der Waals surface area contributed by atoms with E-state index in [1.807, 2.05) is 67.6 Å². The van der Waals surface area contributed by atoms with Gasteiger partial charge in [0, 0.05) is 24.3 Å². The molecule has 1 atom stereocenters. The Labute approximate surface area is 165 Å². The van der Waals surface area contributed by atoms with E-state index < -0.39 is 6.10 Å². The average molecular weight is 378 g/mol. The molecule has 0 heterocycles. The van der Waals surface area contributed by atoms with Crippen LogP contribution in [0.2, 0.25) is 0 Å². The highest BCUT2D eigenvalue weighted by atomic mass is 16.5. The third-order valence-electron chi connectivity index (χ3n) is 4.43. The number of nitrogens with one attached hydrogen (secondary N) is 2. The number of benzene rings is 3. The number of carbonyl (C=O) groups excluding carboxylic acids is 1. The maximum Gasteiger partial charge on any atom is 0.262 e. The van der Waals surface area contributed by atoms with E-state index in [2.05, 4.69) is 10.6 Å². The summed E-state index contributed by atoms with van der Waals surface area (Å²) in [5, 5.41) is 17.7. The Bertz CT molecular complexity index is 936. The van der Waals surface area contributed by atoms with Gasteiger partial charge >= 0.3 is 0 Å². The number of fused-ring (bicyclic) bond motifs is 1. The Morgan fingerprint density at radius 3 is 2.57 bits per heavy atom. The minimum Gasteiger partial charge on any atom is -0.483 e. The quantitative estimate of drug-likeness (QED) is 0.560. The van der Waals surface area contributed by atoms with E-state index in [0.717, 1.165) is 27.6 Å². The molecule has 3 aromatic carbocycles. The first-order chi connectivity index (χ1) is 13.5. The van der Waals surface area contributed by atoms with Crippen LogP contribution in [0.25, 0.3) is 10.8 Å². The molecule has 0 saturated carbocycles. The van der Waals surface area contributed by atoms with Crippen molar-refractivity contribution in [1.82, 2.24) is 5.32 Å². The van der Waals surface area contributed by atoms with E-state index in [4.69, 9.17) is 4.74 Å². The zero-order valence-electron chi connectivity index (χ0n) is 16.2. The van der Waals surface area contributed by atoms with Crippen molar-refractivity contribution in [2.24, 2.45) is 0 Å². The lowest BCUT2D eigenvalue weighted by molar-refractivity contribution is -0.118. The molecule has 0 spiro atoms. The first-order valence-electron chi connectivity index (χ1n) is 9.41. The highest BCUT2D eigenvalue weighted by Gasteiger charge is 2.11. The van der Waals surface area contributed by atoms with Crippen molar-refractivity contribution < 1.29 is 14.6 Å². The van der Waals surface area contributed by atoms with Gasteiger partial charge in [-0.25, -0.2) is 0 Å². The molecule has 146 valence electrons. The van der Waals surface area contributed by atoms with Crippen LogP contribution in [0, 0.1) is 6.92 Å². The van der Waals surface area contributed by atoms with E-state index >= 15 is 0 Å². The zero-order valence-corrected chi connectivity index (χ0v) is 16.2. The third kappa shape index (κ3) is 5.31. The Kier molecular flexibility index (Phi) is 6.63. The normalized spacial score (nSPS) is 12.0. The molecule has 0 aliphatic heterocycles. The van der Waals surface area contributed by atoms with Crippen molar-refractivity contribution in [3.63, 3.8) is 0 Å². The molecule has 3 rings (SSSR count). The van der Waals surface area contributed by atoms with Crippen LogP contribution in [-0.4, -0.2) is 30.3 Å². The lowest BCUT2D eigenvalue weighted by Crippen LogP contribution is -2.25. The molecule has 0 fully saturated rings. The third-order valence-corrected chi connectivity index (χ3v) is 4.43. The zero-order chi connectivity index (χ0) is 19.9. The molecule has 3 N–H and O–H groups in total. The van der Waals surface area contributed by atoms with Gasteiger partial charge in [-0.05, 0) is 42.8 Å². The van der Waals surface area contributed by atoms with Gasteiger partial charge in [0.1, 0.15) is 5.75 Å². The van der Waals surface area contributed by atoms with E-state index in [1.165, 1.54) is 0 Å². The second-order valence-electron chi connectivity index (χ2n) is 6.95. The Hall–Kier alpha value is -2.89. The molecule has 0 aliphatic carbocycles. The average Bonchev–Trinajstić information content (AvgIpc) is 2.68. The van der Waals surface area contributed by atoms with Gasteiger partial charge in [-0.2, -0.15) is 0 Å². The number of aliphatic hydroxyl groups is 1. The first-order valence-corrected chi connectivity index (χ1v) is 9.41. The fraction of sp³-hybridized carbons (Fsp3) is 0.261. The molecule has 5 nitrogen and oxygen atoms in total. The molecule has 0 aromatic heterocycles. The van der Waals surface area contributed by atoms with Crippen molar-refractivity contribution in [3.8, 4) is 5.75 Å². The number of aliphatic hydroxyl groups excluding tert-OH is 1. The van der Waals surface area contributed by atoms with E-state index in [-0.39, 0.29) is 12.5 Å². The second kappa shape index (κ2) is 9.35. The maximum absolute atomic E-state index is 12.3. The number of anilines is 1. The highest BCUT2D eigenvalue weighted by Crippen LogP contribution is 2.28. The van der Waals surface area contributed by atoms with Gasteiger partial charge in [0.15, 0.2) is 6.61 Å². The van der Waals surface area contributed by atoms with Crippen LogP contribution in [-0.2, 0) is 11.3 Å². The molecule has 1 amide bonds. The van der Waals surface area contributed by atoms with Gasteiger partial charge in [0.05, 0.1) is 6.10 Å². The summed E-state index contributed by atoms with van der Waals surface area (Å²) < 4.78 is 5.85. The molecule has 1 unspecified atom stereocenters. The van der Waals surface area contributed by atoms with E-state index in [0.29, 0.717) is 18.8 Å². The van der Waals surface area contributed by atoms with Crippen LogP contribution in [0.3, 0.4) is 0 Å². The predicted octanol–water partition coefficient (Wildman–Crippen LogP) is 3.64. The smallest absolute Gasteiger partial charge is 0.262 e. The summed E-state index contributed by atoms with van der Waals surface area (Å²) in [5.41, 5.74) is 2.86. The molecule has 3 aromatic rings. The summed E-state index contributed by atoms with van der Waals surface area (Å²) in [6.07, 6.45) is -0.431. The fourth-order valence-corrected chi connectivity index (χ4v) is 3.02. The van der Waals surface area contributed by atoms with Crippen LogP contribution < -0.4 is 15.4 Å². The number of amides is 1. The second-order valence-corrected chi connectivity index (χ2v) is 6.95. The van der Waals surface area contributed by atoms with Gasteiger partial charge < -0.3 is 20.5 Å². The Balaban J connectivity index is 1.72. The van der Waals surface area contributed by atoms with E-state index in [9.17, 15) is 9.90 Å². The van der Waals surface area contributed by atoms with Gasteiger partial charge in [0.2, 0.25) is 0 Å². The first kappa shape index (κ1) is 19.9. The topological polar surface area (TPSA) is 70.6 Å². The molecule has 28 heavy (non-hydrogen) atoms.